The molecule has 238 valence electrons. The topological polar surface area (TPSA) is 145 Å². The van der Waals surface area contributed by atoms with E-state index in [1.165, 1.54) is 33.6 Å². The molecule has 10 nitrogen and oxygen atoms in total. The minimum atomic E-state index is -4.09. The largest absolute Gasteiger partial charge is 0.493 e. The van der Waals surface area contributed by atoms with Crippen molar-refractivity contribution in [3.8, 4) is 28.5 Å². The van der Waals surface area contributed by atoms with Crippen molar-refractivity contribution in [2.24, 2.45) is 0 Å². The highest BCUT2D eigenvalue weighted by Crippen LogP contribution is 2.44. The molecular weight excluding hydrogens is 598 g/mol. The van der Waals surface area contributed by atoms with Crippen LogP contribution in [0.25, 0.3) is 17.5 Å². The van der Waals surface area contributed by atoms with Crippen molar-refractivity contribution in [2.75, 3.05) is 21.3 Å². The van der Waals surface area contributed by atoms with Gasteiger partial charge in [-0.15, -0.1) is 0 Å². The van der Waals surface area contributed by atoms with Gasteiger partial charge in [-0.2, -0.15) is 0 Å². The van der Waals surface area contributed by atoms with Gasteiger partial charge in [-0.1, -0.05) is 48.0 Å². The summed E-state index contributed by atoms with van der Waals surface area (Å²) in [5, 5.41) is 29.8. The van der Waals surface area contributed by atoms with Gasteiger partial charge in [0.1, 0.15) is 0 Å². The summed E-state index contributed by atoms with van der Waals surface area (Å²) in [5.41, 5.74) is 3.11. The number of nitrogens with zero attached hydrogens (tertiary/aromatic N) is 1. The fourth-order valence-electron chi connectivity index (χ4n) is 5.04. The van der Waals surface area contributed by atoms with Crippen molar-refractivity contribution in [2.45, 2.75) is 48.2 Å². The number of aliphatic hydroxyl groups is 2. The molecule has 1 heterocycles. The average Bonchev–Trinajstić information content (AvgIpc) is 3.38. The van der Waals surface area contributed by atoms with Crippen LogP contribution < -0.4 is 14.2 Å². The Morgan fingerprint density at radius 1 is 0.911 bits per heavy atom. The molecule has 0 aliphatic rings. The predicted octanol–water partition coefficient (Wildman–Crippen LogP) is 4.97. The first-order valence-corrected chi connectivity index (χ1v) is 15.6. The Labute approximate surface area is 262 Å². The number of hydrogen-bond donors (Lipinski definition) is 3. The van der Waals surface area contributed by atoms with Gasteiger partial charge in [0.25, 0.3) is 0 Å². The maximum atomic E-state index is 14.3. The van der Waals surface area contributed by atoms with Crippen LogP contribution in [0.4, 0.5) is 0 Å². The number of sulfone groups is 1. The summed E-state index contributed by atoms with van der Waals surface area (Å²) < 4.78 is 47.0. The molecule has 2 atom stereocenters. The van der Waals surface area contributed by atoms with E-state index < -0.39 is 34.4 Å². The summed E-state index contributed by atoms with van der Waals surface area (Å²) in [5.74, 6) is -0.245. The highest BCUT2D eigenvalue weighted by molar-refractivity contribution is 7.91. The lowest BCUT2D eigenvalue weighted by Gasteiger charge is -2.17. The normalized spacial score (nSPS) is 13.0. The average molecular weight is 636 g/mol. The fraction of sp³-hybridized carbons (Fsp3) is 0.265. The number of rotatable bonds is 14. The van der Waals surface area contributed by atoms with Crippen LogP contribution in [-0.4, -0.2) is 67.8 Å². The van der Waals surface area contributed by atoms with E-state index in [0.29, 0.717) is 34.9 Å². The Balaban J connectivity index is 2.01. The fourth-order valence-corrected chi connectivity index (χ4v) is 6.55. The second kappa shape index (κ2) is 14.5. The van der Waals surface area contributed by atoms with Gasteiger partial charge in [0.2, 0.25) is 15.6 Å². The maximum absolute atomic E-state index is 14.3. The van der Waals surface area contributed by atoms with Crippen molar-refractivity contribution >= 4 is 22.0 Å². The Bertz CT molecular complexity index is 1740. The highest BCUT2D eigenvalue weighted by Gasteiger charge is 2.29. The van der Waals surface area contributed by atoms with Crippen molar-refractivity contribution < 1.29 is 42.7 Å². The minimum Gasteiger partial charge on any atom is -0.493 e. The number of hydrogen-bond acceptors (Lipinski definition) is 8. The zero-order valence-corrected chi connectivity index (χ0v) is 26.3. The summed E-state index contributed by atoms with van der Waals surface area (Å²) in [7, 11) is 0.303. The third-order valence-electron chi connectivity index (χ3n) is 7.25. The Hall–Kier alpha value is -4.58. The van der Waals surface area contributed by atoms with Crippen LogP contribution in [0.2, 0.25) is 0 Å². The molecule has 0 bridgehead atoms. The van der Waals surface area contributed by atoms with Gasteiger partial charge in [-0.25, -0.2) is 8.42 Å². The number of ether oxygens (including phenoxy) is 3. The van der Waals surface area contributed by atoms with Crippen LogP contribution in [0.1, 0.15) is 29.7 Å². The number of aliphatic carboxylic acids is 1. The van der Waals surface area contributed by atoms with Crippen LogP contribution in [0.3, 0.4) is 0 Å². The predicted molar refractivity (Wildman–Crippen MR) is 170 cm³/mol. The zero-order chi connectivity index (χ0) is 32.7. The Morgan fingerprint density at radius 2 is 1.53 bits per heavy atom. The van der Waals surface area contributed by atoms with E-state index in [2.05, 4.69) is 0 Å². The Morgan fingerprint density at radius 3 is 2.09 bits per heavy atom. The molecule has 4 rings (SSSR count). The molecule has 0 saturated carbocycles. The summed E-state index contributed by atoms with van der Waals surface area (Å²) >= 11 is 0. The second-order valence-corrected chi connectivity index (χ2v) is 12.4. The third kappa shape index (κ3) is 7.75. The van der Waals surface area contributed by atoms with Crippen molar-refractivity contribution in [3.05, 3.63) is 95.7 Å². The van der Waals surface area contributed by atoms with Crippen molar-refractivity contribution in [1.82, 2.24) is 4.57 Å². The van der Waals surface area contributed by atoms with E-state index >= 15 is 0 Å². The standard InChI is InChI=1S/C34H37NO9S/c1-22-10-12-28(13-11-22)45(40,41)31-19-25(16-23-8-6-5-7-9-23)35(15-14-26(36)20-27(37)21-32(38)39)33(31)24-17-29(42-2)34(44-4)30(18-24)43-3/h5-15,17-19,26-27,36-37H,16,20-21H2,1-4H3,(H,38,39)/b15-14+/t26-,27-/m1/s1. The molecule has 1 aromatic heterocycles. The van der Waals surface area contributed by atoms with Gasteiger partial charge in [-0.3, -0.25) is 4.79 Å². The maximum Gasteiger partial charge on any atom is 0.305 e. The molecule has 4 aromatic rings. The molecule has 0 amide bonds. The van der Waals surface area contributed by atoms with E-state index in [-0.39, 0.29) is 21.9 Å². The number of carboxylic acid groups (broad SMARTS) is 1. The number of carbonyl (C=O) groups is 1. The first-order chi connectivity index (χ1) is 21.5. The number of aromatic nitrogens is 1. The lowest BCUT2D eigenvalue weighted by atomic mass is 10.1. The first-order valence-electron chi connectivity index (χ1n) is 14.1. The van der Waals surface area contributed by atoms with E-state index in [0.717, 1.165) is 11.1 Å². The first kappa shape index (κ1) is 33.3. The molecule has 0 unspecified atom stereocenters. The van der Waals surface area contributed by atoms with E-state index in [4.69, 9.17) is 19.3 Å². The molecule has 3 aromatic carbocycles. The summed E-state index contributed by atoms with van der Waals surface area (Å²) in [6, 6.07) is 21.0. The summed E-state index contributed by atoms with van der Waals surface area (Å²) in [4.78, 5) is 11.1. The molecule has 0 radical (unpaired) electrons. The lowest BCUT2D eigenvalue weighted by Crippen LogP contribution is -2.19. The van der Waals surface area contributed by atoms with Crippen LogP contribution >= 0.6 is 0 Å². The van der Waals surface area contributed by atoms with Crippen LogP contribution in [-0.2, 0) is 21.1 Å². The monoisotopic (exact) mass is 635 g/mol. The molecule has 45 heavy (non-hydrogen) atoms. The van der Waals surface area contributed by atoms with Crippen LogP contribution in [0.5, 0.6) is 17.2 Å². The van der Waals surface area contributed by atoms with Gasteiger partial charge in [0.05, 0.1) is 55.4 Å². The molecule has 0 aliphatic heterocycles. The van der Waals surface area contributed by atoms with Crippen LogP contribution in [0, 0.1) is 6.92 Å². The molecule has 3 N–H and O–H groups in total. The van der Waals surface area contributed by atoms with E-state index in [1.54, 1.807) is 47.0 Å². The molecule has 0 aliphatic carbocycles. The summed E-state index contributed by atoms with van der Waals surface area (Å²) in [6.45, 7) is 1.87. The van der Waals surface area contributed by atoms with Gasteiger partial charge < -0.3 is 34.1 Å². The van der Waals surface area contributed by atoms with Gasteiger partial charge in [-0.05, 0) is 48.9 Å². The number of methoxy groups -OCH3 is 3. The van der Waals surface area contributed by atoms with Gasteiger partial charge >= 0.3 is 5.97 Å². The van der Waals surface area contributed by atoms with E-state index in [1.807, 2.05) is 37.3 Å². The summed E-state index contributed by atoms with van der Waals surface area (Å²) in [6.07, 6.45) is 0.00459. The molecule has 0 saturated heterocycles. The highest BCUT2D eigenvalue weighted by atomic mass is 32.2. The lowest BCUT2D eigenvalue weighted by molar-refractivity contribution is -0.139. The molecule has 0 fully saturated rings. The number of aliphatic hydroxyl groups excluding tert-OH is 2. The second-order valence-electron chi connectivity index (χ2n) is 10.5. The SMILES string of the molecule is COc1cc(-c2c(S(=O)(=O)c3ccc(C)cc3)cc(Cc3ccccc3)n2/C=C/[C@@H](O)C[C@@H](O)CC(=O)O)cc(OC)c1OC. The van der Waals surface area contributed by atoms with E-state index in [9.17, 15) is 23.4 Å². The third-order valence-corrected chi connectivity index (χ3v) is 9.03. The smallest absolute Gasteiger partial charge is 0.305 e. The number of benzene rings is 3. The minimum absolute atomic E-state index is 0.0107. The Kier molecular flexibility index (Phi) is 10.7. The van der Waals surface area contributed by atoms with Gasteiger partial charge in [0.15, 0.2) is 11.5 Å². The zero-order valence-electron chi connectivity index (χ0n) is 25.5. The molecule has 11 heteroatoms. The molecule has 0 spiro atoms. The van der Waals surface area contributed by atoms with Gasteiger partial charge in [0, 0.05) is 30.3 Å². The van der Waals surface area contributed by atoms with Crippen molar-refractivity contribution in [1.29, 1.82) is 0 Å². The van der Waals surface area contributed by atoms with Crippen molar-refractivity contribution in [3.63, 3.8) is 0 Å². The quantitative estimate of drug-likeness (QED) is 0.175. The molecular formula is C34H37NO9S. The number of carboxylic acids is 1. The van der Waals surface area contributed by atoms with Crippen LogP contribution in [0.15, 0.2) is 88.7 Å². The number of aryl methyl sites for hydroxylation is 1.